The fourth-order valence-electron chi connectivity index (χ4n) is 1.92. The minimum Gasteiger partial charge on any atom is -0.395 e. The van der Waals surface area contributed by atoms with Gasteiger partial charge in [-0.15, -0.1) is 11.3 Å². The van der Waals surface area contributed by atoms with Crippen LogP contribution in [0.3, 0.4) is 0 Å². The number of rotatable bonds is 5. The standard InChI is InChI=1S/C15H19N3OS/c1-17(10-13-9-16-18(2)11-13)12-15-7-6-14(20-15)5-3-4-8-19/h6-7,9,11,19H,4,8,10,12H2,1-2H3. The van der Waals surface area contributed by atoms with Gasteiger partial charge in [-0.3, -0.25) is 9.58 Å². The van der Waals surface area contributed by atoms with E-state index in [2.05, 4.69) is 35.0 Å². The van der Waals surface area contributed by atoms with Crippen LogP contribution in [-0.2, 0) is 20.1 Å². The molecule has 2 heterocycles. The predicted molar refractivity (Wildman–Crippen MR) is 81.3 cm³/mol. The van der Waals surface area contributed by atoms with Crippen molar-refractivity contribution in [2.24, 2.45) is 7.05 Å². The fourth-order valence-corrected chi connectivity index (χ4v) is 2.89. The monoisotopic (exact) mass is 289 g/mol. The van der Waals surface area contributed by atoms with Crippen molar-refractivity contribution in [1.82, 2.24) is 14.7 Å². The zero-order valence-electron chi connectivity index (χ0n) is 11.8. The summed E-state index contributed by atoms with van der Waals surface area (Å²) in [4.78, 5) is 4.61. The first kappa shape index (κ1) is 14.8. The van der Waals surface area contributed by atoms with Gasteiger partial charge in [-0.05, 0) is 19.2 Å². The lowest BCUT2D eigenvalue weighted by atomic mass is 10.3. The number of aliphatic hydroxyl groups excluding tert-OH is 1. The number of aryl methyl sites for hydroxylation is 1. The smallest absolute Gasteiger partial charge is 0.0771 e. The van der Waals surface area contributed by atoms with Gasteiger partial charge < -0.3 is 5.11 Å². The van der Waals surface area contributed by atoms with E-state index in [1.807, 2.05) is 30.2 Å². The number of aliphatic hydroxyl groups is 1. The predicted octanol–water partition coefficient (Wildman–Crippen LogP) is 1.85. The highest BCUT2D eigenvalue weighted by Crippen LogP contribution is 2.17. The molecular weight excluding hydrogens is 270 g/mol. The Morgan fingerprint density at radius 2 is 2.25 bits per heavy atom. The summed E-state index contributed by atoms with van der Waals surface area (Å²) in [7, 11) is 4.03. The van der Waals surface area contributed by atoms with E-state index in [0.717, 1.165) is 18.0 Å². The normalized spacial score (nSPS) is 10.6. The first-order valence-corrected chi connectivity index (χ1v) is 7.33. The molecule has 2 aromatic heterocycles. The van der Waals surface area contributed by atoms with Gasteiger partial charge in [0, 0.05) is 43.2 Å². The third-order valence-corrected chi connectivity index (χ3v) is 3.73. The van der Waals surface area contributed by atoms with Crippen LogP contribution in [0.25, 0.3) is 0 Å². The number of hydrogen-bond donors (Lipinski definition) is 1. The second-order valence-corrected chi connectivity index (χ2v) is 5.90. The van der Waals surface area contributed by atoms with Crippen LogP contribution in [-0.4, -0.2) is 33.4 Å². The molecule has 0 radical (unpaired) electrons. The van der Waals surface area contributed by atoms with E-state index < -0.39 is 0 Å². The Kier molecular flexibility index (Phi) is 5.36. The minimum absolute atomic E-state index is 0.124. The minimum atomic E-state index is 0.124. The van der Waals surface area contributed by atoms with E-state index in [1.165, 1.54) is 10.4 Å². The molecule has 0 fully saturated rings. The Labute approximate surface area is 123 Å². The Bertz CT molecular complexity index is 606. The van der Waals surface area contributed by atoms with Crippen molar-refractivity contribution in [3.05, 3.63) is 39.8 Å². The third-order valence-electron chi connectivity index (χ3n) is 2.75. The van der Waals surface area contributed by atoms with Gasteiger partial charge >= 0.3 is 0 Å². The molecule has 0 unspecified atom stereocenters. The summed E-state index contributed by atoms with van der Waals surface area (Å²) in [6.45, 7) is 1.91. The zero-order valence-corrected chi connectivity index (χ0v) is 12.7. The van der Waals surface area contributed by atoms with Gasteiger partial charge in [-0.25, -0.2) is 0 Å². The molecule has 0 aliphatic carbocycles. The third kappa shape index (κ3) is 4.49. The maximum atomic E-state index is 8.70. The first-order chi connectivity index (χ1) is 9.67. The molecule has 0 saturated carbocycles. The van der Waals surface area contributed by atoms with Crippen LogP contribution in [0.5, 0.6) is 0 Å². The van der Waals surface area contributed by atoms with Gasteiger partial charge in [0.25, 0.3) is 0 Å². The number of hydrogen-bond acceptors (Lipinski definition) is 4. The van der Waals surface area contributed by atoms with E-state index >= 15 is 0 Å². The molecule has 0 amide bonds. The highest BCUT2D eigenvalue weighted by atomic mass is 32.1. The van der Waals surface area contributed by atoms with Crippen LogP contribution in [0.4, 0.5) is 0 Å². The van der Waals surface area contributed by atoms with Crippen LogP contribution in [0.15, 0.2) is 24.5 Å². The van der Waals surface area contributed by atoms with Gasteiger partial charge in [0.2, 0.25) is 0 Å². The van der Waals surface area contributed by atoms with E-state index in [0.29, 0.717) is 6.42 Å². The van der Waals surface area contributed by atoms with E-state index in [1.54, 1.807) is 11.3 Å². The van der Waals surface area contributed by atoms with Crippen molar-refractivity contribution in [2.75, 3.05) is 13.7 Å². The van der Waals surface area contributed by atoms with Crippen molar-refractivity contribution in [2.45, 2.75) is 19.5 Å². The van der Waals surface area contributed by atoms with E-state index in [-0.39, 0.29) is 6.61 Å². The summed E-state index contributed by atoms with van der Waals surface area (Å²) in [6.07, 6.45) is 4.47. The zero-order chi connectivity index (χ0) is 14.4. The molecule has 0 bridgehead atoms. The van der Waals surface area contributed by atoms with Crippen molar-refractivity contribution >= 4 is 11.3 Å². The second-order valence-electron chi connectivity index (χ2n) is 4.74. The molecule has 1 N–H and O–H groups in total. The van der Waals surface area contributed by atoms with Crippen LogP contribution < -0.4 is 0 Å². The molecule has 0 aromatic carbocycles. The van der Waals surface area contributed by atoms with Crippen molar-refractivity contribution in [3.8, 4) is 11.8 Å². The van der Waals surface area contributed by atoms with Gasteiger partial charge in [0.1, 0.15) is 0 Å². The molecule has 106 valence electrons. The summed E-state index contributed by atoms with van der Waals surface area (Å²) in [5, 5.41) is 12.9. The molecule has 2 rings (SSSR count). The topological polar surface area (TPSA) is 41.3 Å². The Morgan fingerprint density at radius 1 is 1.40 bits per heavy atom. The van der Waals surface area contributed by atoms with Gasteiger partial charge in [0.15, 0.2) is 0 Å². The fraction of sp³-hybridized carbons (Fsp3) is 0.400. The Morgan fingerprint density at radius 3 is 2.95 bits per heavy atom. The molecule has 4 nitrogen and oxygen atoms in total. The maximum absolute atomic E-state index is 8.70. The van der Waals surface area contributed by atoms with Gasteiger partial charge in [-0.2, -0.15) is 5.10 Å². The summed E-state index contributed by atoms with van der Waals surface area (Å²) < 4.78 is 1.82. The van der Waals surface area contributed by atoms with E-state index in [4.69, 9.17) is 5.11 Å². The summed E-state index contributed by atoms with van der Waals surface area (Å²) in [6, 6.07) is 4.16. The SMILES string of the molecule is CN(Cc1cnn(C)c1)Cc1ccc(C#CCCO)s1. The molecule has 0 aliphatic heterocycles. The van der Waals surface area contributed by atoms with Crippen LogP contribution in [0, 0.1) is 11.8 Å². The van der Waals surface area contributed by atoms with Gasteiger partial charge in [-0.1, -0.05) is 11.8 Å². The maximum Gasteiger partial charge on any atom is 0.0771 e. The molecule has 5 heteroatoms. The number of thiophene rings is 1. The molecule has 0 saturated heterocycles. The molecule has 0 atom stereocenters. The van der Waals surface area contributed by atoms with Crippen LogP contribution in [0.2, 0.25) is 0 Å². The Balaban J connectivity index is 1.88. The highest BCUT2D eigenvalue weighted by Gasteiger charge is 2.05. The summed E-state index contributed by atoms with van der Waals surface area (Å²) in [5.74, 6) is 6.02. The van der Waals surface area contributed by atoms with E-state index in [9.17, 15) is 0 Å². The molecular formula is C15H19N3OS. The van der Waals surface area contributed by atoms with Gasteiger partial charge in [0.05, 0.1) is 17.7 Å². The highest BCUT2D eigenvalue weighted by molar-refractivity contribution is 7.12. The lowest BCUT2D eigenvalue weighted by Gasteiger charge is -2.13. The molecule has 20 heavy (non-hydrogen) atoms. The van der Waals surface area contributed by atoms with Crippen LogP contribution in [0.1, 0.15) is 21.7 Å². The second kappa shape index (κ2) is 7.25. The summed E-state index contributed by atoms with van der Waals surface area (Å²) in [5.41, 5.74) is 1.22. The number of nitrogens with zero attached hydrogens (tertiary/aromatic N) is 3. The average Bonchev–Trinajstić information content (AvgIpc) is 2.99. The lowest BCUT2D eigenvalue weighted by Crippen LogP contribution is -2.16. The number of aromatic nitrogens is 2. The largest absolute Gasteiger partial charge is 0.395 e. The lowest BCUT2D eigenvalue weighted by molar-refractivity contribution is 0.305. The Hall–Kier alpha value is -1.61. The van der Waals surface area contributed by atoms with Crippen molar-refractivity contribution in [3.63, 3.8) is 0 Å². The molecule has 0 spiro atoms. The quantitative estimate of drug-likeness (QED) is 0.854. The van der Waals surface area contributed by atoms with Crippen molar-refractivity contribution in [1.29, 1.82) is 0 Å². The molecule has 2 aromatic rings. The first-order valence-electron chi connectivity index (χ1n) is 6.52. The molecule has 0 aliphatic rings. The van der Waals surface area contributed by atoms with Crippen LogP contribution >= 0.6 is 11.3 Å². The van der Waals surface area contributed by atoms with Crippen molar-refractivity contribution < 1.29 is 5.11 Å². The average molecular weight is 289 g/mol. The summed E-state index contributed by atoms with van der Waals surface area (Å²) >= 11 is 1.71.